The minimum absolute atomic E-state index is 0.0695. The molecule has 2 amide bonds. The quantitative estimate of drug-likeness (QED) is 0.281. The van der Waals surface area contributed by atoms with Gasteiger partial charge in [0, 0.05) is 19.2 Å². The highest BCUT2D eigenvalue weighted by Crippen LogP contribution is 2.42. The van der Waals surface area contributed by atoms with Crippen molar-refractivity contribution in [2.75, 3.05) is 18.0 Å². The van der Waals surface area contributed by atoms with E-state index in [1.165, 1.54) is 12.8 Å². The lowest BCUT2D eigenvalue weighted by Gasteiger charge is -2.38. The summed E-state index contributed by atoms with van der Waals surface area (Å²) in [6.07, 6.45) is 11.5. The lowest BCUT2D eigenvalue weighted by molar-refractivity contribution is -0.135. The Balaban J connectivity index is 1.59. The third-order valence-corrected chi connectivity index (χ3v) is 6.76. The number of benzene rings is 1. The summed E-state index contributed by atoms with van der Waals surface area (Å²) >= 11 is 0. The van der Waals surface area contributed by atoms with Crippen molar-refractivity contribution in [2.45, 2.75) is 71.3 Å². The summed E-state index contributed by atoms with van der Waals surface area (Å²) in [5, 5.41) is 0. The van der Waals surface area contributed by atoms with Crippen LogP contribution in [0.5, 0.6) is 0 Å². The molecule has 0 bridgehead atoms. The number of anilines is 1. The van der Waals surface area contributed by atoms with Crippen LogP contribution in [0, 0.1) is 0 Å². The fourth-order valence-electron chi connectivity index (χ4n) is 4.90. The van der Waals surface area contributed by atoms with Crippen LogP contribution in [0.25, 0.3) is 5.69 Å². The third kappa shape index (κ3) is 5.53. The summed E-state index contributed by atoms with van der Waals surface area (Å²) in [5.74, 6) is 0.684. The Morgan fingerprint density at radius 2 is 1.66 bits per heavy atom. The molecule has 3 aromatic rings. The highest BCUT2D eigenvalue weighted by molar-refractivity contribution is 6.00. The average molecular weight is 476 g/mol. The molecule has 0 aliphatic carbocycles. The van der Waals surface area contributed by atoms with Crippen molar-refractivity contribution < 1.29 is 14.0 Å². The minimum Gasteiger partial charge on any atom is -0.467 e. The van der Waals surface area contributed by atoms with Gasteiger partial charge in [-0.15, -0.1) is 0 Å². The van der Waals surface area contributed by atoms with E-state index in [4.69, 9.17) is 4.42 Å². The van der Waals surface area contributed by atoms with E-state index >= 15 is 0 Å². The first-order chi connectivity index (χ1) is 17.2. The highest BCUT2D eigenvalue weighted by Gasteiger charge is 2.38. The van der Waals surface area contributed by atoms with E-state index < -0.39 is 0 Å². The van der Waals surface area contributed by atoms with Gasteiger partial charge < -0.3 is 13.9 Å². The molecule has 0 N–H and O–H groups in total. The first kappa shape index (κ1) is 24.8. The van der Waals surface area contributed by atoms with Gasteiger partial charge in [-0.25, -0.2) is 0 Å². The van der Waals surface area contributed by atoms with Crippen molar-refractivity contribution >= 4 is 17.5 Å². The van der Waals surface area contributed by atoms with Gasteiger partial charge in [0.15, 0.2) is 0 Å². The first-order valence-corrected chi connectivity index (χ1v) is 13.1. The molecule has 4 rings (SSSR count). The fraction of sp³-hybridized carbons (Fsp3) is 0.448. The number of furan rings is 1. The van der Waals surface area contributed by atoms with Gasteiger partial charge in [-0.3, -0.25) is 14.5 Å². The van der Waals surface area contributed by atoms with Crippen LogP contribution >= 0.6 is 0 Å². The number of amides is 2. The van der Waals surface area contributed by atoms with E-state index in [2.05, 4.69) is 18.4 Å². The van der Waals surface area contributed by atoms with Gasteiger partial charge in [-0.1, -0.05) is 58.1 Å². The van der Waals surface area contributed by atoms with Crippen LogP contribution in [0.1, 0.15) is 82.7 Å². The van der Waals surface area contributed by atoms with Crippen LogP contribution in [-0.4, -0.2) is 34.4 Å². The van der Waals surface area contributed by atoms with Crippen molar-refractivity contribution in [1.82, 2.24) is 9.47 Å². The number of fused-ring (bicyclic) bond motifs is 3. The molecule has 1 atom stereocenters. The summed E-state index contributed by atoms with van der Waals surface area (Å²) in [7, 11) is 0. The molecular formula is C29H37N3O3. The van der Waals surface area contributed by atoms with E-state index in [0.29, 0.717) is 18.7 Å². The summed E-state index contributed by atoms with van der Waals surface area (Å²) in [6.45, 7) is 4.97. The van der Waals surface area contributed by atoms with Gasteiger partial charge in [0.25, 0.3) is 0 Å². The number of unbranched alkanes of at least 4 members (excludes halogenated alkanes) is 5. The highest BCUT2D eigenvalue weighted by atomic mass is 16.3. The Kier molecular flexibility index (Phi) is 8.45. The number of hydrogen-bond acceptors (Lipinski definition) is 3. The maximum atomic E-state index is 14.0. The molecule has 6 heteroatoms. The molecule has 3 heterocycles. The van der Waals surface area contributed by atoms with Crippen LogP contribution in [0.15, 0.2) is 65.4 Å². The maximum Gasteiger partial charge on any atom is 0.247 e. The normalized spacial score (nSPS) is 14.5. The zero-order valence-corrected chi connectivity index (χ0v) is 21.0. The van der Waals surface area contributed by atoms with Crippen LogP contribution in [-0.2, 0) is 9.59 Å². The Hall–Kier alpha value is -3.28. The summed E-state index contributed by atoms with van der Waals surface area (Å²) in [6, 6.07) is 15.3. The van der Waals surface area contributed by atoms with Crippen LogP contribution in [0.2, 0.25) is 0 Å². The first-order valence-electron chi connectivity index (χ1n) is 13.1. The number of hydrogen-bond donors (Lipinski definition) is 0. The lowest BCUT2D eigenvalue weighted by atomic mass is 10.0. The molecule has 1 unspecified atom stereocenters. The predicted molar refractivity (Wildman–Crippen MR) is 139 cm³/mol. The predicted octanol–water partition coefficient (Wildman–Crippen LogP) is 6.50. The number of carbonyl (C=O) groups excluding carboxylic acids is 2. The monoisotopic (exact) mass is 475 g/mol. The van der Waals surface area contributed by atoms with Gasteiger partial charge in [0.05, 0.1) is 23.3 Å². The van der Waals surface area contributed by atoms with Gasteiger partial charge in [0.2, 0.25) is 11.8 Å². The molecule has 1 aliphatic rings. The topological polar surface area (TPSA) is 58.7 Å². The number of rotatable bonds is 12. The number of carbonyl (C=O) groups is 2. The molecule has 0 radical (unpaired) electrons. The second kappa shape index (κ2) is 11.9. The second-order valence-electron chi connectivity index (χ2n) is 9.31. The van der Waals surface area contributed by atoms with Crippen molar-refractivity contribution in [3.63, 3.8) is 0 Å². The SMILES string of the molecule is CCCCCCCC(=O)N(CCCC)CC(=O)N1c2ccccc2-n2cccc2C1c1ccco1. The molecule has 35 heavy (non-hydrogen) atoms. The Bertz CT molecular complexity index is 1100. The van der Waals surface area contributed by atoms with Gasteiger partial charge >= 0.3 is 0 Å². The van der Waals surface area contributed by atoms with E-state index in [9.17, 15) is 9.59 Å². The van der Waals surface area contributed by atoms with Crippen LogP contribution in [0.4, 0.5) is 5.69 Å². The van der Waals surface area contributed by atoms with Crippen molar-refractivity contribution in [2.24, 2.45) is 0 Å². The smallest absolute Gasteiger partial charge is 0.247 e. The molecule has 1 aliphatic heterocycles. The Morgan fingerprint density at radius 3 is 2.40 bits per heavy atom. The molecule has 186 valence electrons. The van der Waals surface area contributed by atoms with E-state index in [-0.39, 0.29) is 24.4 Å². The van der Waals surface area contributed by atoms with Gasteiger partial charge in [0.1, 0.15) is 18.3 Å². The second-order valence-corrected chi connectivity index (χ2v) is 9.31. The van der Waals surface area contributed by atoms with E-state index in [1.54, 1.807) is 11.2 Å². The molecule has 6 nitrogen and oxygen atoms in total. The Morgan fingerprint density at radius 1 is 0.886 bits per heavy atom. The molecular weight excluding hydrogens is 438 g/mol. The van der Waals surface area contributed by atoms with Crippen LogP contribution < -0.4 is 4.90 Å². The molecule has 2 aromatic heterocycles. The maximum absolute atomic E-state index is 14.0. The summed E-state index contributed by atoms with van der Waals surface area (Å²) in [4.78, 5) is 30.7. The molecule has 0 saturated carbocycles. The largest absolute Gasteiger partial charge is 0.467 e. The molecule has 0 fully saturated rings. The summed E-state index contributed by atoms with van der Waals surface area (Å²) < 4.78 is 7.92. The molecule has 0 spiro atoms. The zero-order chi connectivity index (χ0) is 24.6. The van der Waals surface area contributed by atoms with Crippen molar-refractivity contribution in [3.8, 4) is 5.69 Å². The number of nitrogens with zero attached hydrogens (tertiary/aromatic N) is 3. The third-order valence-electron chi connectivity index (χ3n) is 6.76. The molecule has 0 saturated heterocycles. The fourth-order valence-corrected chi connectivity index (χ4v) is 4.90. The summed E-state index contributed by atoms with van der Waals surface area (Å²) in [5.41, 5.74) is 2.74. The van der Waals surface area contributed by atoms with Crippen LogP contribution in [0.3, 0.4) is 0 Å². The van der Waals surface area contributed by atoms with Gasteiger partial charge in [-0.2, -0.15) is 0 Å². The standard InChI is InChI=1S/C29H37N3O3/c1-3-5-7-8-9-18-27(33)30(19-6-4-2)22-28(34)32-24-15-11-10-14-23(24)31-20-12-16-25(31)29(32)26-17-13-21-35-26/h10-17,20-21,29H,3-9,18-19,22H2,1-2H3. The zero-order valence-electron chi connectivity index (χ0n) is 21.0. The molecule has 1 aromatic carbocycles. The minimum atomic E-state index is -0.389. The average Bonchev–Trinajstić information content (AvgIpc) is 3.58. The van der Waals surface area contributed by atoms with Crippen molar-refractivity contribution in [3.05, 3.63) is 72.4 Å². The van der Waals surface area contributed by atoms with Gasteiger partial charge in [-0.05, 0) is 49.2 Å². The number of aromatic nitrogens is 1. The van der Waals surface area contributed by atoms with E-state index in [0.717, 1.165) is 49.2 Å². The van der Waals surface area contributed by atoms with Crippen molar-refractivity contribution in [1.29, 1.82) is 0 Å². The lowest BCUT2D eigenvalue weighted by Crippen LogP contribution is -2.47. The number of para-hydroxylation sites is 2. The van der Waals surface area contributed by atoms with E-state index in [1.807, 2.05) is 59.6 Å². The Labute approximate surface area is 208 Å².